The van der Waals surface area contributed by atoms with Crippen LogP contribution in [0.3, 0.4) is 0 Å². The van der Waals surface area contributed by atoms with Crippen LogP contribution >= 0.6 is 11.6 Å². The smallest absolute Gasteiger partial charge is 0.285 e. The third kappa shape index (κ3) is 7.37. The number of fused-ring (bicyclic) bond motifs is 4. The van der Waals surface area contributed by atoms with Crippen LogP contribution in [0.25, 0.3) is 0 Å². The second-order valence-electron chi connectivity index (χ2n) is 14.1. The topological polar surface area (TPSA) is 111 Å². The van der Waals surface area contributed by atoms with Crippen LogP contribution in [0.15, 0.2) is 69.8 Å². The molecule has 9 nitrogen and oxygen atoms in total. The van der Waals surface area contributed by atoms with Crippen molar-refractivity contribution >= 4 is 38.7 Å². The minimum atomic E-state index is -3.17. The number of carbonyl (C=O) groups is 2. The summed E-state index contributed by atoms with van der Waals surface area (Å²) in [6.45, 7) is 2.05. The third-order valence-corrected chi connectivity index (χ3v) is 13.3. The lowest BCUT2D eigenvalue weighted by molar-refractivity contribution is -0.116. The van der Waals surface area contributed by atoms with E-state index < -0.39 is 15.6 Å². The Hall–Kier alpha value is -3.47. The summed E-state index contributed by atoms with van der Waals surface area (Å²) in [6, 6.07) is 13.4. The first kappa shape index (κ1) is 34.0. The van der Waals surface area contributed by atoms with Gasteiger partial charge in [-0.25, -0.2) is 4.21 Å². The van der Waals surface area contributed by atoms with Crippen LogP contribution in [0.4, 0.5) is 5.69 Å². The Labute approximate surface area is 293 Å². The normalized spacial score (nSPS) is 29.1. The molecule has 7 rings (SSSR count). The van der Waals surface area contributed by atoms with Crippen molar-refractivity contribution < 1.29 is 27.8 Å². The number of hydrogen-bond donors (Lipinski definition) is 0. The number of nitrogens with zero attached hydrogens (tertiary/aromatic N) is 3. The number of benzene rings is 2. The molecule has 0 radical (unpaired) electrons. The van der Waals surface area contributed by atoms with Crippen LogP contribution in [0, 0.1) is 11.8 Å². The summed E-state index contributed by atoms with van der Waals surface area (Å²) in [7, 11) is -1.40. The van der Waals surface area contributed by atoms with E-state index >= 15 is 0 Å². The Bertz CT molecular complexity index is 1850. The van der Waals surface area contributed by atoms with E-state index in [1.165, 1.54) is 17.4 Å². The molecule has 11 heteroatoms. The highest BCUT2D eigenvalue weighted by Gasteiger charge is 2.44. The van der Waals surface area contributed by atoms with Gasteiger partial charge in [-0.2, -0.15) is 4.36 Å². The SMILES string of the molecule is CO[C@H]1/C=C/CCC[S@@](=O)(CC(=O)CCc2ccon2)=NC(=O)c2ccc3c(c2)N(C[C@@H]2CC[C@H]21)C[C@@]1(CCCc2cc(Cl)ccc21)CO3. The molecule has 3 heterocycles. The van der Waals surface area contributed by atoms with Crippen molar-refractivity contribution in [3.05, 3.63) is 88.3 Å². The molecular weight excluding hydrogens is 662 g/mol. The Morgan fingerprint density at radius 2 is 2.06 bits per heavy atom. The van der Waals surface area contributed by atoms with E-state index in [2.05, 4.69) is 38.7 Å². The summed E-state index contributed by atoms with van der Waals surface area (Å²) >= 11 is 6.45. The molecule has 0 saturated heterocycles. The van der Waals surface area contributed by atoms with Crippen molar-refractivity contribution in [3.63, 3.8) is 0 Å². The molecule has 2 aromatic carbocycles. The van der Waals surface area contributed by atoms with E-state index in [9.17, 15) is 13.8 Å². The molecule has 1 spiro atoms. The molecule has 5 atom stereocenters. The number of ether oxygens (including phenoxy) is 2. The summed E-state index contributed by atoms with van der Waals surface area (Å²) < 4.78 is 36.1. The fourth-order valence-electron chi connectivity index (χ4n) is 8.15. The quantitative estimate of drug-likeness (QED) is 0.252. The minimum absolute atomic E-state index is 0.0269. The summed E-state index contributed by atoms with van der Waals surface area (Å²) in [6.07, 6.45) is 12.6. The predicted molar refractivity (Wildman–Crippen MR) is 190 cm³/mol. The Kier molecular flexibility index (Phi) is 10.00. The Morgan fingerprint density at radius 1 is 1.16 bits per heavy atom. The lowest BCUT2D eigenvalue weighted by atomic mass is 9.68. The zero-order valence-corrected chi connectivity index (χ0v) is 29.6. The highest BCUT2D eigenvalue weighted by atomic mass is 35.5. The average Bonchev–Trinajstić information content (AvgIpc) is 3.55. The van der Waals surface area contributed by atoms with Gasteiger partial charge in [0.05, 0.1) is 39.6 Å². The van der Waals surface area contributed by atoms with Gasteiger partial charge in [0, 0.05) is 60.9 Å². The van der Waals surface area contributed by atoms with Crippen molar-refractivity contribution in [1.29, 1.82) is 0 Å². The second kappa shape index (κ2) is 14.4. The molecule has 1 fully saturated rings. The number of ketones is 1. The number of rotatable bonds is 6. The fourth-order valence-corrected chi connectivity index (χ4v) is 10.3. The molecule has 1 amide bonds. The van der Waals surface area contributed by atoms with E-state index in [-0.39, 0.29) is 35.2 Å². The van der Waals surface area contributed by atoms with Gasteiger partial charge in [0.2, 0.25) is 0 Å². The molecule has 260 valence electrons. The molecule has 2 bridgehead atoms. The summed E-state index contributed by atoms with van der Waals surface area (Å²) in [5.74, 6) is 0.568. The van der Waals surface area contributed by atoms with Crippen LogP contribution in [-0.2, 0) is 37.5 Å². The average molecular weight is 706 g/mol. The highest BCUT2D eigenvalue weighted by molar-refractivity contribution is 7.94. The number of Topliss-reactive ketones (excluding diaryl/α,β-unsaturated/α-hetero) is 1. The van der Waals surface area contributed by atoms with Gasteiger partial charge >= 0.3 is 0 Å². The third-order valence-electron chi connectivity index (χ3n) is 10.9. The lowest BCUT2D eigenvalue weighted by Gasteiger charge is -2.46. The van der Waals surface area contributed by atoms with Crippen LogP contribution in [-0.4, -0.2) is 65.5 Å². The monoisotopic (exact) mass is 705 g/mol. The zero-order valence-electron chi connectivity index (χ0n) is 28.0. The van der Waals surface area contributed by atoms with E-state index in [4.69, 9.17) is 25.6 Å². The fraction of sp³-hybridized carbons (Fsp3) is 0.500. The maximum atomic E-state index is 14.3. The number of methoxy groups -OCH3 is 1. The molecule has 4 aliphatic rings. The van der Waals surface area contributed by atoms with Gasteiger partial charge in [-0.1, -0.05) is 35.0 Å². The molecule has 0 N–H and O–H groups in total. The first-order valence-corrected chi connectivity index (χ1v) is 19.7. The van der Waals surface area contributed by atoms with Crippen molar-refractivity contribution in [1.82, 2.24) is 5.16 Å². The molecule has 2 aliphatic carbocycles. The first-order chi connectivity index (χ1) is 23.7. The van der Waals surface area contributed by atoms with E-state index in [0.717, 1.165) is 61.7 Å². The van der Waals surface area contributed by atoms with Gasteiger partial charge in [0.1, 0.15) is 17.8 Å². The molecule has 1 aromatic heterocycles. The van der Waals surface area contributed by atoms with Crippen LogP contribution in [0.5, 0.6) is 5.75 Å². The van der Waals surface area contributed by atoms with Crippen molar-refractivity contribution in [2.45, 2.75) is 69.3 Å². The van der Waals surface area contributed by atoms with Crippen molar-refractivity contribution in [2.24, 2.45) is 16.2 Å². The maximum Gasteiger partial charge on any atom is 0.285 e. The highest BCUT2D eigenvalue weighted by Crippen LogP contribution is 2.47. The molecular formula is C38H44ClN3O6S. The predicted octanol–water partition coefficient (Wildman–Crippen LogP) is 7.00. The number of aryl methyl sites for hydroxylation is 2. The maximum absolute atomic E-state index is 14.3. The van der Waals surface area contributed by atoms with Crippen LogP contribution < -0.4 is 9.64 Å². The van der Waals surface area contributed by atoms with E-state index in [1.54, 1.807) is 19.2 Å². The van der Waals surface area contributed by atoms with Crippen molar-refractivity contribution in [3.8, 4) is 5.75 Å². The zero-order chi connectivity index (χ0) is 34.0. The molecule has 2 aliphatic heterocycles. The van der Waals surface area contributed by atoms with Gasteiger partial charge in [0.15, 0.2) is 0 Å². The Morgan fingerprint density at radius 3 is 2.86 bits per heavy atom. The van der Waals surface area contributed by atoms with Gasteiger partial charge in [-0.15, -0.1) is 0 Å². The van der Waals surface area contributed by atoms with Crippen molar-refractivity contribution in [2.75, 3.05) is 43.2 Å². The largest absolute Gasteiger partial charge is 0.490 e. The number of anilines is 1. The van der Waals surface area contributed by atoms with Crippen LogP contribution in [0.1, 0.15) is 72.1 Å². The summed E-state index contributed by atoms with van der Waals surface area (Å²) in [4.78, 5) is 29.3. The van der Waals surface area contributed by atoms with Crippen LogP contribution in [0.2, 0.25) is 5.02 Å². The molecule has 0 unspecified atom stereocenters. The standard InChI is InChI=1S/C38H44ClN3O6S/c1-46-35-7-3-2-4-19-49(45,23-31(43)12-11-30-16-18-48-40-30)41-37(44)27-9-15-36-34(21-27)42(22-28-8-13-32(28)35)24-38(25-47-36)17-5-6-26-20-29(39)10-14-33(26)38/h3,7,9-10,14-16,18,20-21,28,32,35H,2,4-6,8,11-13,17,19,22-25H2,1H3/b7-3+/t28-,32+,35-,38-,49+/m0/s1. The van der Waals surface area contributed by atoms with Gasteiger partial charge in [0.25, 0.3) is 5.91 Å². The van der Waals surface area contributed by atoms with E-state index in [0.29, 0.717) is 49.0 Å². The van der Waals surface area contributed by atoms with Gasteiger partial charge < -0.3 is 18.9 Å². The first-order valence-electron chi connectivity index (χ1n) is 17.4. The number of halogens is 1. The number of allylic oxidation sites excluding steroid dienone is 1. The number of aromatic nitrogens is 1. The van der Waals surface area contributed by atoms with E-state index in [1.807, 2.05) is 18.2 Å². The summed E-state index contributed by atoms with van der Waals surface area (Å²) in [5, 5.41) is 4.61. The second-order valence-corrected chi connectivity index (χ2v) is 17.0. The number of carbonyl (C=O) groups excluding carboxylic acids is 2. The minimum Gasteiger partial charge on any atom is -0.490 e. The van der Waals surface area contributed by atoms with Gasteiger partial charge in [-0.05, 0) is 98.2 Å². The Balaban J connectivity index is 1.25. The van der Waals surface area contributed by atoms with Gasteiger partial charge in [-0.3, -0.25) is 9.59 Å². The number of hydrogen-bond acceptors (Lipinski definition) is 8. The molecule has 1 saturated carbocycles. The molecule has 3 aromatic rings. The molecule has 49 heavy (non-hydrogen) atoms. The number of amides is 1. The lowest BCUT2D eigenvalue weighted by Crippen LogP contribution is -2.49. The summed E-state index contributed by atoms with van der Waals surface area (Å²) in [5.41, 5.74) is 4.15.